The summed E-state index contributed by atoms with van der Waals surface area (Å²) < 4.78 is 2.19. The number of hydrogen-bond acceptors (Lipinski definition) is 4. The molecule has 0 aliphatic carbocycles. The molecule has 2 N–H and O–H groups in total. The topological polar surface area (TPSA) is 70.4 Å². The molecule has 1 unspecified atom stereocenters. The molecule has 1 aliphatic heterocycles. The number of hydrogen-bond donors (Lipinski definition) is 2. The number of rotatable bonds is 6. The minimum atomic E-state index is -0.331. The van der Waals surface area contributed by atoms with Gasteiger partial charge in [0.25, 0.3) is 5.91 Å². The van der Waals surface area contributed by atoms with Crippen molar-refractivity contribution in [3.05, 3.63) is 41.7 Å². The lowest BCUT2D eigenvalue weighted by Crippen LogP contribution is -2.46. The molecule has 0 saturated heterocycles. The zero-order chi connectivity index (χ0) is 21.2. The average Bonchev–Trinajstić information content (AvgIpc) is 3.04. The number of nitrogens with zero attached hydrogens (tertiary/aromatic N) is 3. The monoisotopic (exact) mass is 398 g/mol. The Bertz CT molecular complexity index is 837. The number of carbonyl (C=O) groups excluding carboxylic acids is 1. The van der Waals surface area contributed by atoms with E-state index in [1.807, 2.05) is 51.1 Å². The molecule has 6 heteroatoms. The standard InChI is InChI=1S/C23H34N4O2/c1-16(2)13-26-11-12-27-18(14-26)20(22(29)24-19(15-28)23(3,4)5)25-21(27)17-9-7-6-8-10-17/h6-10,16,19,28H,11-15H2,1-5H3,(H,24,29). The van der Waals surface area contributed by atoms with Crippen molar-refractivity contribution in [2.75, 3.05) is 19.7 Å². The summed E-state index contributed by atoms with van der Waals surface area (Å²) in [5.41, 5.74) is 2.20. The molecule has 158 valence electrons. The first kappa shape index (κ1) is 21.5. The predicted molar refractivity (Wildman–Crippen MR) is 116 cm³/mol. The fourth-order valence-corrected chi connectivity index (χ4v) is 3.84. The molecule has 1 amide bonds. The van der Waals surface area contributed by atoms with Crippen LogP contribution in [0.1, 0.15) is 50.8 Å². The van der Waals surface area contributed by atoms with Crippen LogP contribution in [0.3, 0.4) is 0 Å². The Morgan fingerprint density at radius 2 is 1.90 bits per heavy atom. The van der Waals surface area contributed by atoms with E-state index < -0.39 is 0 Å². The van der Waals surface area contributed by atoms with Crippen LogP contribution in [0.2, 0.25) is 0 Å². The second-order valence-corrected chi connectivity index (χ2v) is 9.45. The fourth-order valence-electron chi connectivity index (χ4n) is 3.84. The Morgan fingerprint density at radius 3 is 2.48 bits per heavy atom. The van der Waals surface area contributed by atoms with E-state index in [4.69, 9.17) is 4.98 Å². The van der Waals surface area contributed by atoms with E-state index in [1.54, 1.807) is 0 Å². The maximum Gasteiger partial charge on any atom is 0.272 e. The van der Waals surface area contributed by atoms with Gasteiger partial charge in [-0.2, -0.15) is 0 Å². The van der Waals surface area contributed by atoms with Crippen LogP contribution in [0.4, 0.5) is 0 Å². The molecular weight excluding hydrogens is 364 g/mol. The van der Waals surface area contributed by atoms with Gasteiger partial charge in [-0.05, 0) is 11.3 Å². The molecule has 29 heavy (non-hydrogen) atoms. The smallest absolute Gasteiger partial charge is 0.272 e. The molecular formula is C23H34N4O2. The Balaban J connectivity index is 1.98. The number of fused-ring (bicyclic) bond motifs is 1. The first-order chi connectivity index (χ1) is 13.7. The average molecular weight is 399 g/mol. The van der Waals surface area contributed by atoms with Crippen LogP contribution in [0, 0.1) is 11.3 Å². The van der Waals surface area contributed by atoms with Crippen molar-refractivity contribution in [3.63, 3.8) is 0 Å². The Morgan fingerprint density at radius 1 is 1.21 bits per heavy atom. The van der Waals surface area contributed by atoms with Gasteiger partial charge < -0.3 is 15.0 Å². The number of amides is 1. The first-order valence-electron chi connectivity index (χ1n) is 10.5. The van der Waals surface area contributed by atoms with Crippen LogP contribution < -0.4 is 5.32 Å². The lowest BCUT2D eigenvalue weighted by atomic mass is 9.87. The normalized spacial score (nSPS) is 16.0. The van der Waals surface area contributed by atoms with Crippen molar-refractivity contribution < 1.29 is 9.90 Å². The summed E-state index contributed by atoms with van der Waals surface area (Å²) in [6.45, 7) is 13.8. The summed E-state index contributed by atoms with van der Waals surface area (Å²) in [6.07, 6.45) is 0. The van der Waals surface area contributed by atoms with Gasteiger partial charge in [-0.3, -0.25) is 9.69 Å². The lowest BCUT2D eigenvalue weighted by Gasteiger charge is -2.31. The number of imidazole rings is 1. The van der Waals surface area contributed by atoms with Crippen LogP contribution in [-0.2, 0) is 13.1 Å². The zero-order valence-corrected chi connectivity index (χ0v) is 18.3. The second kappa shape index (κ2) is 8.67. The molecule has 0 fully saturated rings. The van der Waals surface area contributed by atoms with Crippen molar-refractivity contribution in [3.8, 4) is 11.4 Å². The molecule has 1 aromatic carbocycles. The van der Waals surface area contributed by atoms with E-state index in [2.05, 4.69) is 28.6 Å². The molecule has 0 spiro atoms. The molecule has 3 rings (SSSR count). The summed E-state index contributed by atoms with van der Waals surface area (Å²) >= 11 is 0. The third-order valence-corrected chi connectivity index (χ3v) is 5.49. The molecule has 0 bridgehead atoms. The van der Waals surface area contributed by atoms with Crippen molar-refractivity contribution in [1.82, 2.24) is 19.8 Å². The SMILES string of the molecule is CC(C)CN1CCn2c(-c3ccccc3)nc(C(=O)NC(CO)C(C)(C)C)c2C1. The van der Waals surface area contributed by atoms with E-state index in [-0.39, 0.29) is 24.0 Å². The van der Waals surface area contributed by atoms with Gasteiger partial charge in [-0.1, -0.05) is 65.0 Å². The van der Waals surface area contributed by atoms with Gasteiger partial charge in [0.05, 0.1) is 18.3 Å². The van der Waals surface area contributed by atoms with E-state index >= 15 is 0 Å². The molecule has 2 aromatic rings. The van der Waals surface area contributed by atoms with Crippen LogP contribution in [-0.4, -0.2) is 51.2 Å². The molecule has 1 atom stereocenters. The quantitative estimate of drug-likeness (QED) is 0.784. The van der Waals surface area contributed by atoms with E-state index in [0.717, 1.165) is 36.7 Å². The van der Waals surface area contributed by atoms with Gasteiger partial charge in [0.2, 0.25) is 0 Å². The predicted octanol–water partition coefficient (Wildman–Crippen LogP) is 3.16. The Kier molecular flexibility index (Phi) is 6.44. The van der Waals surface area contributed by atoms with Gasteiger partial charge in [0, 0.05) is 31.7 Å². The number of benzene rings is 1. The van der Waals surface area contributed by atoms with Gasteiger partial charge >= 0.3 is 0 Å². The molecule has 0 radical (unpaired) electrons. The molecule has 0 saturated carbocycles. The number of nitrogens with one attached hydrogen (secondary N) is 1. The molecule has 6 nitrogen and oxygen atoms in total. The second-order valence-electron chi connectivity index (χ2n) is 9.45. The highest BCUT2D eigenvalue weighted by Gasteiger charge is 2.31. The lowest BCUT2D eigenvalue weighted by molar-refractivity contribution is 0.0839. The summed E-state index contributed by atoms with van der Waals surface area (Å²) in [7, 11) is 0. The van der Waals surface area contributed by atoms with E-state index in [1.165, 1.54) is 0 Å². The first-order valence-corrected chi connectivity index (χ1v) is 10.5. The van der Waals surface area contributed by atoms with Crippen molar-refractivity contribution in [1.29, 1.82) is 0 Å². The maximum absolute atomic E-state index is 13.2. The Labute approximate surface area is 173 Å². The number of aliphatic hydroxyl groups is 1. The van der Waals surface area contributed by atoms with Crippen molar-refractivity contribution in [2.24, 2.45) is 11.3 Å². The molecule has 2 heterocycles. The number of carbonyl (C=O) groups is 1. The molecule has 1 aliphatic rings. The summed E-state index contributed by atoms with van der Waals surface area (Å²) in [6, 6.07) is 9.70. The summed E-state index contributed by atoms with van der Waals surface area (Å²) in [5, 5.41) is 12.8. The largest absolute Gasteiger partial charge is 0.394 e. The highest BCUT2D eigenvalue weighted by molar-refractivity contribution is 5.94. The highest BCUT2D eigenvalue weighted by atomic mass is 16.3. The van der Waals surface area contributed by atoms with Crippen LogP contribution >= 0.6 is 0 Å². The minimum Gasteiger partial charge on any atom is -0.394 e. The fraction of sp³-hybridized carbons (Fsp3) is 0.565. The van der Waals surface area contributed by atoms with Crippen LogP contribution in [0.25, 0.3) is 11.4 Å². The molecule has 1 aromatic heterocycles. The number of aliphatic hydroxyl groups excluding tert-OH is 1. The maximum atomic E-state index is 13.2. The number of aromatic nitrogens is 2. The summed E-state index contributed by atoms with van der Waals surface area (Å²) in [5.74, 6) is 1.19. The van der Waals surface area contributed by atoms with Gasteiger partial charge in [-0.15, -0.1) is 0 Å². The van der Waals surface area contributed by atoms with E-state index in [0.29, 0.717) is 18.2 Å². The van der Waals surface area contributed by atoms with Crippen LogP contribution in [0.5, 0.6) is 0 Å². The van der Waals surface area contributed by atoms with Gasteiger partial charge in [0.15, 0.2) is 5.69 Å². The minimum absolute atomic E-state index is 0.101. The van der Waals surface area contributed by atoms with Gasteiger partial charge in [-0.25, -0.2) is 4.98 Å². The van der Waals surface area contributed by atoms with Crippen LogP contribution in [0.15, 0.2) is 30.3 Å². The third kappa shape index (κ3) is 4.87. The van der Waals surface area contributed by atoms with E-state index in [9.17, 15) is 9.90 Å². The zero-order valence-electron chi connectivity index (χ0n) is 18.3. The van der Waals surface area contributed by atoms with Crippen molar-refractivity contribution >= 4 is 5.91 Å². The van der Waals surface area contributed by atoms with Gasteiger partial charge in [0.1, 0.15) is 5.82 Å². The summed E-state index contributed by atoms with van der Waals surface area (Å²) in [4.78, 5) is 20.4. The third-order valence-electron chi connectivity index (χ3n) is 5.49. The van der Waals surface area contributed by atoms with Crippen molar-refractivity contribution in [2.45, 2.75) is 53.8 Å². The Hall–Kier alpha value is -2.18. The highest BCUT2D eigenvalue weighted by Crippen LogP contribution is 2.27.